The van der Waals surface area contributed by atoms with Crippen LogP contribution in [0.2, 0.25) is 0 Å². The van der Waals surface area contributed by atoms with Gasteiger partial charge >= 0.3 is 5.97 Å². The molecule has 0 radical (unpaired) electrons. The molecule has 0 amide bonds. The summed E-state index contributed by atoms with van der Waals surface area (Å²) in [6.45, 7) is 0. The largest absolute Gasteiger partial charge is 0.422 e. The van der Waals surface area contributed by atoms with Gasteiger partial charge in [0.15, 0.2) is 0 Å². The van der Waals surface area contributed by atoms with Crippen molar-refractivity contribution < 1.29 is 9.53 Å². The van der Waals surface area contributed by atoms with Gasteiger partial charge in [-0.15, -0.1) is 0 Å². The van der Waals surface area contributed by atoms with Gasteiger partial charge in [-0.25, -0.2) is 4.79 Å². The topological polar surface area (TPSA) is 50.1 Å². The van der Waals surface area contributed by atoms with E-state index >= 15 is 0 Å². The zero-order valence-corrected chi connectivity index (χ0v) is 11.1. The van der Waals surface area contributed by atoms with Crippen molar-refractivity contribution in [3.8, 4) is 11.8 Å². The second-order valence-electron chi connectivity index (χ2n) is 4.56. The van der Waals surface area contributed by atoms with E-state index < -0.39 is 5.97 Å². The molecule has 0 aliphatic rings. The average molecular weight is 273 g/mol. The third-order valence-corrected chi connectivity index (χ3v) is 3.20. The highest BCUT2D eigenvalue weighted by Crippen LogP contribution is 2.20. The summed E-state index contributed by atoms with van der Waals surface area (Å²) >= 11 is 0. The summed E-state index contributed by atoms with van der Waals surface area (Å²) in [6.07, 6.45) is 0. The van der Waals surface area contributed by atoms with Gasteiger partial charge in [0.05, 0.1) is 11.1 Å². The Balaban J connectivity index is 1.92. The maximum Gasteiger partial charge on any atom is 0.343 e. The first-order chi connectivity index (χ1) is 10.3. The van der Waals surface area contributed by atoms with Crippen LogP contribution in [0.3, 0.4) is 0 Å². The summed E-state index contributed by atoms with van der Waals surface area (Å²) in [6, 6.07) is 21.9. The van der Waals surface area contributed by atoms with Crippen LogP contribution in [0.4, 0.5) is 0 Å². The first kappa shape index (κ1) is 12.9. The lowest BCUT2D eigenvalue weighted by molar-refractivity contribution is 0.0734. The van der Waals surface area contributed by atoms with E-state index in [9.17, 15) is 4.79 Å². The number of benzene rings is 3. The lowest BCUT2D eigenvalue weighted by atomic mass is 10.1. The Morgan fingerprint density at radius 1 is 0.905 bits per heavy atom. The summed E-state index contributed by atoms with van der Waals surface area (Å²) in [4.78, 5) is 12.2. The number of esters is 1. The van der Waals surface area contributed by atoms with Gasteiger partial charge < -0.3 is 4.74 Å². The summed E-state index contributed by atoms with van der Waals surface area (Å²) in [5.74, 6) is -0.193. The Bertz CT molecular complexity index is 862. The molecule has 3 heteroatoms. The normalized spacial score (nSPS) is 10.0. The van der Waals surface area contributed by atoms with Gasteiger partial charge in [-0.3, -0.25) is 0 Å². The molecule has 0 saturated heterocycles. The highest BCUT2D eigenvalue weighted by Gasteiger charge is 2.11. The van der Waals surface area contributed by atoms with Crippen LogP contribution < -0.4 is 4.74 Å². The third-order valence-electron chi connectivity index (χ3n) is 3.20. The Hall–Kier alpha value is -3.12. The van der Waals surface area contributed by atoms with E-state index in [2.05, 4.69) is 0 Å². The molecule has 3 rings (SSSR count). The van der Waals surface area contributed by atoms with Crippen molar-refractivity contribution in [2.45, 2.75) is 0 Å². The summed E-state index contributed by atoms with van der Waals surface area (Å²) in [7, 11) is 0. The van der Waals surface area contributed by atoms with E-state index in [0.717, 1.165) is 10.8 Å². The van der Waals surface area contributed by atoms with Gasteiger partial charge in [-0.05, 0) is 35.0 Å². The van der Waals surface area contributed by atoms with E-state index in [0.29, 0.717) is 11.1 Å². The minimum atomic E-state index is -0.469. The number of rotatable bonds is 2. The Morgan fingerprint density at radius 2 is 1.62 bits per heavy atom. The van der Waals surface area contributed by atoms with Crippen LogP contribution in [0.1, 0.15) is 15.9 Å². The second-order valence-corrected chi connectivity index (χ2v) is 4.56. The fourth-order valence-corrected chi connectivity index (χ4v) is 2.12. The van der Waals surface area contributed by atoms with Gasteiger partial charge in [0.1, 0.15) is 11.8 Å². The minimum absolute atomic E-state index is 0.276. The van der Waals surface area contributed by atoms with Crippen molar-refractivity contribution in [1.29, 1.82) is 5.26 Å². The molecule has 3 nitrogen and oxygen atoms in total. The molecule has 0 aliphatic carbocycles. The fraction of sp³-hybridized carbons (Fsp3) is 0. The van der Waals surface area contributed by atoms with Crippen LogP contribution >= 0.6 is 0 Å². The van der Waals surface area contributed by atoms with E-state index in [4.69, 9.17) is 10.00 Å². The number of para-hydroxylation sites is 1. The smallest absolute Gasteiger partial charge is 0.343 e. The molecule has 100 valence electrons. The van der Waals surface area contributed by atoms with Crippen molar-refractivity contribution in [2.24, 2.45) is 0 Å². The van der Waals surface area contributed by atoms with Gasteiger partial charge in [0.25, 0.3) is 0 Å². The van der Waals surface area contributed by atoms with Crippen LogP contribution in [-0.2, 0) is 0 Å². The van der Waals surface area contributed by atoms with Crippen molar-refractivity contribution in [3.63, 3.8) is 0 Å². The van der Waals surface area contributed by atoms with Gasteiger partial charge in [0.2, 0.25) is 0 Å². The summed E-state index contributed by atoms with van der Waals surface area (Å²) in [5.41, 5.74) is 0.799. The van der Waals surface area contributed by atoms with Gasteiger partial charge in [-0.2, -0.15) is 5.26 Å². The molecule has 0 aliphatic heterocycles. The van der Waals surface area contributed by atoms with E-state index in [1.54, 1.807) is 36.4 Å². The molecule has 0 atom stereocenters. The molecular formula is C18H11NO2. The van der Waals surface area contributed by atoms with Crippen molar-refractivity contribution >= 4 is 16.7 Å². The lowest BCUT2D eigenvalue weighted by Crippen LogP contribution is -2.09. The monoisotopic (exact) mass is 273 g/mol. The Labute approximate surface area is 122 Å². The molecule has 0 spiro atoms. The van der Waals surface area contributed by atoms with E-state index in [-0.39, 0.29) is 5.75 Å². The van der Waals surface area contributed by atoms with Crippen LogP contribution in [0.15, 0.2) is 66.7 Å². The predicted octanol–water partition coefficient (Wildman–Crippen LogP) is 3.93. The zero-order valence-electron chi connectivity index (χ0n) is 11.1. The molecule has 21 heavy (non-hydrogen) atoms. The van der Waals surface area contributed by atoms with E-state index in [1.165, 1.54) is 0 Å². The predicted molar refractivity (Wildman–Crippen MR) is 80.1 cm³/mol. The fourth-order valence-electron chi connectivity index (χ4n) is 2.12. The van der Waals surface area contributed by atoms with Crippen molar-refractivity contribution in [1.82, 2.24) is 0 Å². The second kappa shape index (κ2) is 5.48. The molecule has 3 aromatic carbocycles. The zero-order chi connectivity index (χ0) is 14.7. The molecule has 0 aromatic heterocycles. The summed E-state index contributed by atoms with van der Waals surface area (Å²) in [5, 5.41) is 11.0. The molecule has 3 aromatic rings. The first-order valence-corrected chi connectivity index (χ1v) is 6.48. The highest BCUT2D eigenvalue weighted by molar-refractivity contribution is 5.96. The average Bonchev–Trinajstić information content (AvgIpc) is 2.55. The third kappa shape index (κ3) is 2.60. The number of ether oxygens (including phenoxy) is 1. The molecule has 0 fully saturated rings. The maximum absolute atomic E-state index is 12.2. The van der Waals surface area contributed by atoms with Crippen LogP contribution in [0, 0.1) is 11.3 Å². The first-order valence-electron chi connectivity index (χ1n) is 6.48. The Morgan fingerprint density at radius 3 is 2.43 bits per heavy atom. The number of nitriles is 1. The molecule has 0 heterocycles. The lowest BCUT2D eigenvalue weighted by Gasteiger charge is -2.06. The van der Waals surface area contributed by atoms with E-state index in [1.807, 2.05) is 36.4 Å². The Kier molecular flexibility index (Phi) is 3.36. The maximum atomic E-state index is 12.2. The standard InChI is InChI=1S/C18H11NO2/c19-12-16-7-3-4-8-17(16)21-18(20)15-10-9-13-5-1-2-6-14(13)11-15/h1-11H. The van der Waals surface area contributed by atoms with Crippen molar-refractivity contribution in [3.05, 3.63) is 77.9 Å². The minimum Gasteiger partial charge on any atom is -0.422 e. The summed E-state index contributed by atoms with van der Waals surface area (Å²) < 4.78 is 5.31. The molecule has 0 N–H and O–H groups in total. The van der Waals surface area contributed by atoms with Crippen molar-refractivity contribution in [2.75, 3.05) is 0 Å². The number of carbonyl (C=O) groups excluding carboxylic acids is 1. The van der Waals surface area contributed by atoms with Crippen LogP contribution in [-0.4, -0.2) is 5.97 Å². The highest BCUT2D eigenvalue weighted by atomic mass is 16.5. The number of hydrogen-bond donors (Lipinski definition) is 0. The number of carbonyl (C=O) groups is 1. The van der Waals surface area contributed by atoms with Crippen LogP contribution in [0.25, 0.3) is 10.8 Å². The number of nitrogens with zero attached hydrogens (tertiary/aromatic N) is 1. The molecule has 0 saturated carbocycles. The van der Waals surface area contributed by atoms with Gasteiger partial charge in [-0.1, -0.05) is 42.5 Å². The molecular weight excluding hydrogens is 262 g/mol. The number of fused-ring (bicyclic) bond motifs is 1. The quantitative estimate of drug-likeness (QED) is 0.525. The van der Waals surface area contributed by atoms with Crippen LogP contribution in [0.5, 0.6) is 5.75 Å². The SMILES string of the molecule is N#Cc1ccccc1OC(=O)c1ccc2ccccc2c1. The van der Waals surface area contributed by atoms with Gasteiger partial charge in [0, 0.05) is 0 Å². The number of hydrogen-bond acceptors (Lipinski definition) is 3. The molecule has 0 bridgehead atoms. The molecule has 0 unspecified atom stereocenters.